The third-order valence-electron chi connectivity index (χ3n) is 2.29. The van der Waals surface area contributed by atoms with Crippen LogP contribution in [0.15, 0.2) is 41.8 Å². The molecule has 0 unspecified atom stereocenters. The monoisotopic (exact) mass is 283 g/mol. The van der Waals surface area contributed by atoms with Crippen molar-refractivity contribution in [2.75, 3.05) is 5.32 Å². The number of carbonyl (C=O) groups is 1. The number of ether oxygens (including phenoxy) is 1. The summed E-state index contributed by atoms with van der Waals surface area (Å²) in [5.74, 6) is -0.315. The molecule has 1 N–H and O–H groups in total. The quantitative estimate of drug-likeness (QED) is 0.911. The van der Waals surface area contributed by atoms with Gasteiger partial charge in [-0.3, -0.25) is 4.79 Å². The van der Waals surface area contributed by atoms with E-state index in [1.165, 1.54) is 23.5 Å². The predicted octanol–water partition coefficient (Wildman–Crippen LogP) is 3.53. The van der Waals surface area contributed by atoms with E-state index in [9.17, 15) is 13.6 Å². The average molecular weight is 283 g/mol. The molecule has 1 aromatic heterocycles. The van der Waals surface area contributed by atoms with Crippen LogP contribution in [0, 0.1) is 0 Å². The lowest BCUT2D eigenvalue weighted by Gasteiger charge is -2.11. The van der Waals surface area contributed by atoms with Crippen molar-refractivity contribution >= 4 is 22.9 Å². The van der Waals surface area contributed by atoms with E-state index in [-0.39, 0.29) is 23.8 Å². The van der Waals surface area contributed by atoms with E-state index >= 15 is 0 Å². The molecular weight excluding hydrogens is 272 g/mol. The fraction of sp³-hybridized carbons (Fsp3) is 0.154. The van der Waals surface area contributed by atoms with E-state index in [0.717, 1.165) is 4.88 Å². The van der Waals surface area contributed by atoms with Gasteiger partial charge in [-0.15, -0.1) is 11.3 Å². The molecule has 0 saturated heterocycles. The normalized spacial score (nSPS) is 10.5. The number of hydrogen-bond donors (Lipinski definition) is 1. The fourth-order valence-electron chi connectivity index (χ4n) is 1.53. The molecule has 0 aliphatic heterocycles. The lowest BCUT2D eigenvalue weighted by atomic mass is 10.2. The standard InChI is InChI=1S/C13H11F2NO2S/c14-13(15)18-11-6-2-1-5-10(11)16-12(17)8-9-4-3-7-19-9/h1-7,13H,8H2,(H,16,17). The summed E-state index contributed by atoms with van der Waals surface area (Å²) in [5, 5.41) is 4.44. The van der Waals surface area contributed by atoms with Crippen LogP contribution in [0.2, 0.25) is 0 Å². The zero-order valence-electron chi connectivity index (χ0n) is 9.81. The van der Waals surface area contributed by atoms with Crippen LogP contribution in [0.1, 0.15) is 4.88 Å². The van der Waals surface area contributed by atoms with Crippen molar-refractivity contribution in [3.8, 4) is 5.75 Å². The SMILES string of the molecule is O=C(Cc1cccs1)Nc1ccccc1OC(F)F. The molecule has 1 heterocycles. The third kappa shape index (κ3) is 4.03. The molecule has 0 atom stereocenters. The van der Waals surface area contributed by atoms with E-state index < -0.39 is 6.61 Å². The Morgan fingerprint density at radius 1 is 1.26 bits per heavy atom. The maximum atomic E-state index is 12.2. The maximum Gasteiger partial charge on any atom is 0.387 e. The number of carbonyl (C=O) groups excluding carboxylic acids is 1. The Kier molecular flexibility index (Phi) is 4.46. The topological polar surface area (TPSA) is 38.3 Å². The lowest BCUT2D eigenvalue weighted by molar-refractivity contribution is -0.115. The summed E-state index contributed by atoms with van der Waals surface area (Å²) in [5.41, 5.74) is 0.240. The molecule has 0 bridgehead atoms. The fourth-order valence-corrected chi connectivity index (χ4v) is 2.24. The molecule has 0 radical (unpaired) electrons. The number of alkyl halides is 2. The largest absolute Gasteiger partial charge is 0.433 e. The molecule has 0 aliphatic rings. The number of amides is 1. The van der Waals surface area contributed by atoms with Gasteiger partial charge in [0.1, 0.15) is 5.75 Å². The van der Waals surface area contributed by atoms with Crippen molar-refractivity contribution in [3.63, 3.8) is 0 Å². The molecule has 1 aromatic carbocycles. The molecule has 0 fully saturated rings. The summed E-state index contributed by atoms with van der Waals surface area (Å²) in [6, 6.07) is 9.79. The van der Waals surface area contributed by atoms with Crippen molar-refractivity contribution in [1.82, 2.24) is 0 Å². The number of nitrogens with one attached hydrogen (secondary N) is 1. The zero-order chi connectivity index (χ0) is 13.7. The Morgan fingerprint density at radius 2 is 2.05 bits per heavy atom. The van der Waals surface area contributed by atoms with Gasteiger partial charge in [0.05, 0.1) is 12.1 Å². The summed E-state index contributed by atoms with van der Waals surface area (Å²) in [7, 11) is 0. The van der Waals surface area contributed by atoms with Gasteiger partial charge in [-0.1, -0.05) is 18.2 Å². The predicted molar refractivity (Wildman–Crippen MR) is 69.7 cm³/mol. The highest BCUT2D eigenvalue weighted by atomic mass is 32.1. The van der Waals surface area contributed by atoms with Crippen LogP contribution in [-0.2, 0) is 11.2 Å². The van der Waals surface area contributed by atoms with Gasteiger partial charge in [-0.05, 0) is 23.6 Å². The van der Waals surface area contributed by atoms with Crippen LogP contribution in [0.3, 0.4) is 0 Å². The minimum absolute atomic E-state index is 0.0444. The second-order valence-electron chi connectivity index (χ2n) is 3.68. The number of anilines is 1. The molecule has 2 aromatic rings. The summed E-state index contributed by atoms with van der Waals surface area (Å²) in [4.78, 5) is 12.7. The van der Waals surface area contributed by atoms with E-state index in [4.69, 9.17) is 0 Å². The molecule has 0 saturated carbocycles. The van der Waals surface area contributed by atoms with Crippen molar-refractivity contribution in [1.29, 1.82) is 0 Å². The zero-order valence-corrected chi connectivity index (χ0v) is 10.6. The number of thiophene rings is 1. The van der Waals surface area contributed by atoms with E-state index in [1.54, 1.807) is 12.1 Å². The second kappa shape index (κ2) is 6.29. The molecule has 6 heteroatoms. The van der Waals surface area contributed by atoms with E-state index in [2.05, 4.69) is 10.1 Å². The smallest absolute Gasteiger partial charge is 0.387 e. The van der Waals surface area contributed by atoms with Crippen LogP contribution >= 0.6 is 11.3 Å². The minimum atomic E-state index is -2.92. The van der Waals surface area contributed by atoms with Gasteiger partial charge >= 0.3 is 6.61 Å². The molecule has 100 valence electrons. The number of para-hydroxylation sites is 2. The Labute approximate surface area is 112 Å². The highest BCUT2D eigenvalue weighted by molar-refractivity contribution is 7.10. The molecule has 0 spiro atoms. The highest BCUT2D eigenvalue weighted by Gasteiger charge is 2.11. The average Bonchev–Trinajstić information content (AvgIpc) is 2.83. The van der Waals surface area contributed by atoms with Crippen LogP contribution in [-0.4, -0.2) is 12.5 Å². The summed E-state index contributed by atoms with van der Waals surface area (Å²) in [6.07, 6.45) is 0.209. The van der Waals surface area contributed by atoms with E-state index in [0.29, 0.717) is 0 Å². The third-order valence-corrected chi connectivity index (χ3v) is 3.17. The van der Waals surface area contributed by atoms with Crippen molar-refractivity contribution < 1.29 is 18.3 Å². The van der Waals surface area contributed by atoms with Gasteiger partial charge in [0.15, 0.2) is 0 Å². The Balaban J connectivity index is 2.04. The van der Waals surface area contributed by atoms with Gasteiger partial charge in [0, 0.05) is 4.88 Å². The molecule has 1 amide bonds. The minimum Gasteiger partial charge on any atom is -0.433 e. The molecule has 3 nitrogen and oxygen atoms in total. The van der Waals surface area contributed by atoms with Gasteiger partial charge < -0.3 is 10.1 Å². The van der Waals surface area contributed by atoms with Gasteiger partial charge in [-0.2, -0.15) is 8.78 Å². The van der Waals surface area contributed by atoms with Gasteiger partial charge in [0.25, 0.3) is 0 Å². The van der Waals surface area contributed by atoms with Gasteiger partial charge in [0.2, 0.25) is 5.91 Å². The molecule has 0 aliphatic carbocycles. The van der Waals surface area contributed by atoms with Crippen molar-refractivity contribution in [3.05, 3.63) is 46.7 Å². The number of benzene rings is 1. The number of hydrogen-bond acceptors (Lipinski definition) is 3. The second-order valence-corrected chi connectivity index (χ2v) is 4.71. The molecule has 19 heavy (non-hydrogen) atoms. The number of halogens is 2. The van der Waals surface area contributed by atoms with Crippen LogP contribution in [0.5, 0.6) is 5.75 Å². The number of rotatable bonds is 5. The first kappa shape index (κ1) is 13.5. The summed E-state index contributed by atoms with van der Waals surface area (Å²) in [6.45, 7) is -2.92. The van der Waals surface area contributed by atoms with Crippen LogP contribution < -0.4 is 10.1 Å². The van der Waals surface area contributed by atoms with Crippen LogP contribution in [0.25, 0.3) is 0 Å². The first-order valence-electron chi connectivity index (χ1n) is 5.51. The first-order chi connectivity index (χ1) is 9.15. The Bertz CT molecular complexity index is 543. The van der Waals surface area contributed by atoms with Crippen molar-refractivity contribution in [2.45, 2.75) is 13.0 Å². The molecule has 2 rings (SSSR count). The van der Waals surface area contributed by atoms with Crippen molar-refractivity contribution in [2.24, 2.45) is 0 Å². The first-order valence-corrected chi connectivity index (χ1v) is 6.39. The summed E-state index contributed by atoms with van der Waals surface area (Å²) >= 11 is 1.46. The summed E-state index contributed by atoms with van der Waals surface area (Å²) < 4.78 is 28.8. The Hall–Kier alpha value is -1.95. The van der Waals surface area contributed by atoms with E-state index in [1.807, 2.05) is 17.5 Å². The van der Waals surface area contributed by atoms with Gasteiger partial charge in [-0.25, -0.2) is 0 Å². The lowest BCUT2D eigenvalue weighted by Crippen LogP contribution is -2.15. The maximum absolute atomic E-state index is 12.2. The molecular formula is C13H11F2NO2S. The van der Waals surface area contributed by atoms with Crippen LogP contribution in [0.4, 0.5) is 14.5 Å². The Morgan fingerprint density at radius 3 is 2.74 bits per heavy atom. The highest BCUT2D eigenvalue weighted by Crippen LogP contribution is 2.25.